The van der Waals surface area contributed by atoms with Gasteiger partial charge >= 0.3 is 0 Å². The smallest absolute Gasteiger partial charge is 0.250 e. The second-order valence-corrected chi connectivity index (χ2v) is 6.83. The number of amides is 1. The van der Waals surface area contributed by atoms with Crippen molar-refractivity contribution in [2.24, 2.45) is 0 Å². The summed E-state index contributed by atoms with van der Waals surface area (Å²) in [4.78, 5) is 13.1. The third-order valence-electron chi connectivity index (χ3n) is 3.69. The molecular formula is C17H15N3O2S2. The summed E-state index contributed by atoms with van der Waals surface area (Å²) in [6.45, 7) is 0. The van der Waals surface area contributed by atoms with Crippen molar-refractivity contribution >= 4 is 45.7 Å². The number of carbonyl (C=O) groups is 1. The van der Waals surface area contributed by atoms with Gasteiger partial charge in [-0.3, -0.25) is 10.1 Å². The minimum absolute atomic E-state index is 0.180. The number of anilines is 1. The predicted octanol–water partition coefficient (Wildman–Crippen LogP) is 3.62. The second kappa shape index (κ2) is 7.43. The summed E-state index contributed by atoms with van der Waals surface area (Å²) in [6.07, 6.45) is 8.63. The fraction of sp³-hybridized carbons (Fsp3) is 0.235. The van der Waals surface area contributed by atoms with E-state index in [1.807, 2.05) is 0 Å². The van der Waals surface area contributed by atoms with Gasteiger partial charge in [-0.15, -0.1) is 11.3 Å². The summed E-state index contributed by atoms with van der Waals surface area (Å²) in [6, 6.07) is 5.74. The Hall–Kier alpha value is -2.43. The van der Waals surface area contributed by atoms with Crippen LogP contribution in [0.25, 0.3) is 6.08 Å². The summed E-state index contributed by atoms with van der Waals surface area (Å²) in [7, 11) is 0. The van der Waals surface area contributed by atoms with Crippen molar-refractivity contribution in [3.63, 3.8) is 0 Å². The van der Waals surface area contributed by atoms with E-state index in [4.69, 9.17) is 16.6 Å². The molecule has 0 atom stereocenters. The number of nitriles is 1. The van der Waals surface area contributed by atoms with Gasteiger partial charge in [0.05, 0.1) is 11.8 Å². The Bertz CT molecular complexity index is 829. The van der Waals surface area contributed by atoms with Crippen molar-refractivity contribution in [3.05, 3.63) is 46.2 Å². The number of furan rings is 1. The molecule has 1 aliphatic carbocycles. The molecule has 0 spiro atoms. The van der Waals surface area contributed by atoms with Crippen LogP contribution < -0.4 is 10.6 Å². The topological polar surface area (TPSA) is 78.1 Å². The zero-order valence-electron chi connectivity index (χ0n) is 12.8. The maximum Gasteiger partial charge on any atom is 0.250 e. The first-order valence-electron chi connectivity index (χ1n) is 7.55. The molecule has 0 bridgehead atoms. The van der Waals surface area contributed by atoms with E-state index >= 15 is 0 Å². The number of hydrogen-bond donors (Lipinski definition) is 2. The van der Waals surface area contributed by atoms with E-state index in [2.05, 4.69) is 16.7 Å². The van der Waals surface area contributed by atoms with Crippen molar-refractivity contribution in [3.8, 4) is 6.07 Å². The van der Waals surface area contributed by atoms with Crippen molar-refractivity contribution in [2.75, 3.05) is 5.32 Å². The first kappa shape index (κ1) is 16.4. The number of fused-ring (bicyclic) bond motifs is 1. The summed E-state index contributed by atoms with van der Waals surface area (Å²) in [5.74, 6) is 0.227. The van der Waals surface area contributed by atoms with Gasteiger partial charge in [-0.1, -0.05) is 0 Å². The van der Waals surface area contributed by atoms with Gasteiger partial charge in [-0.05, 0) is 61.7 Å². The fourth-order valence-electron chi connectivity index (χ4n) is 2.60. The number of rotatable bonds is 3. The Morgan fingerprint density at radius 2 is 2.25 bits per heavy atom. The largest absolute Gasteiger partial charge is 0.465 e. The third kappa shape index (κ3) is 3.72. The van der Waals surface area contributed by atoms with Crippen LogP contribution in [0.2, 0.25) is 0 Å². The normalized spacial score (nSPS) is 13.3. The Kier molecular flexibility index (Phi) is 5.08. The standard InChI is InChI=1S/C17H15N3O2S2/c18-10-13-12-5-1-2-6-14(12)24-16(13)20-17(23)19-15(21)8-7-11-4-3-9-22-11/h3-4,7-9H,1-2,5-6H2,(H2,19,20,21,23)/b8-7-. The van der Waals surface area contributed by atoms with Gasteiger partial charge in [0, 0.05) is 11.0 Å². The minimum atomic E-state index is -0.358. The number of hydrogen-bond acceptors (Lipinski definition) is 5. The molecule has 0 saturated carbocycles. The Labute approximate surface area is 149 Å². The lowest BCUT2D eigenvalue weighted by Crippen LogP contribution is -2.32. The van der Waals surface area contributed by atoms with Gasteiger partial charge in [-0.2, -0.15) is 5.26 Å². The molecule has 5 nitrogen and oxygen atoms in total. The minimum Gasteiger partial charge on any atom is -0.465 e. The molecular weight excluding hydrogens is 342 g/mol. The third-order valence-corrected chi connectivity index (χ3v) is 5.10. The lowest BCUT2D eigenvalue weighted by molar-refractivity contribution is -0.115. The van der Waals surface area contributed by atoms with Crippen LogP contribution in [0.15, 0.2) is 28.9 Å². The molecule has 0 aliphatic heterocycles. The first-order chi connectivity index (χ1) is 11.7. The van der Waals surface area contributed by atoms with Crippen LogP contribution >= 0.6 is 23.6 Å². The first-order valence-corrected chi connectivity index (χ1v) is 8.78. The molecule has 1 amide bonds. The highest BCUT2D eigenvalue weighted by atomic mass is 32.1. The lowest BCUT2D eigenvalue weighted by atomic mass is 9.96. The van der Waals surface area contributed by atoms with Crippen LogP contribution in [-0.4, -0.2) is 11.0 Å². The van der Waals surface area contributed by atoms with E-state index in [9.17, 15) is 10.1 Å². The highest BCUT2D eigenvalue weighted by molar-refractivity contribution is 7.80. The van der Waals surface area contributed by atoms with Crippen molar-refractivity contribution in [2.45, 2.75) is 25.7 Å². The lowest BCUT2D eigenvalue weighted by Gasteiger charge is -2.09. The van der Waals surface area contributed by atoms with Crippen LogP contribution in [0.5, 0.6) is 0 Å². The van der Waals surface area contributed by atoms with Gasteiger partial charge in [0.15, 0.2) is 5.11 Å². The van der Waals surface area contributed by atoms with Crippen LogP contribution in [0.3, 0.4) is 0 Å². The number of thiophene rings is 1. The molecule has 0 fully saturated rings. The van der Waals surface area contributed by atoms with Crippen molar-refractivity contribution < 1.29 is 9.21 Å². The van der Waals surface area contributed by atoms with Crippen LogP contribution in [0.1, 0.15) is 34.6 Å². The zero-order valence-corrected chi connectivity index (χ0v) is 14.4. The van der Waals surface area contributed by atoms with E-state index in [0.29, 0.717) is 16.3 Å². The van der Waals surface area contributed by atoms with Gasteiger partial charge in [-0.25, -0.2) is 0 Å². The highest BCUT2D eigenvalue weighted by Crippen LogP contribution is 2.37. The average molecular weight is 357 g/mol. The molecule has 2 N–H and O–H groups in total. The Morgan fingerprint density at radius 1 is 1.42 bits per heavy atom. The van der Waals surface area contributed by atoms with E-state index in [0.717, 1.165) is 31.2 Å². The number of aryl methyl sites for hydroxylation is 1. The average Bonchev–Trinajstić information content (AvgIpc) is 3.19. The van der Waals surface area contributed by atoms with E-state index in [-0.39, 0.29) is 11.0 Å². The van der Waals surface area contributed by atoms with Crippen LogP contribution in [-0.2, 0) is 17.6 Å². The summed E-state index contributed by atoms with van der Waals surface area (Å²) in [5, 5.41) is 15.9. The molecule has 3 rings (SSSR count). The highest BCUT2D eigenvalue weighted by Gasteiger charge is 2.21. The maximum atomic E-state index is 11.9. The zero-order chi connectivity index (χ0) is 16.9. The fourth-order valence-corrected chi connectivity index (χ4v) is 4.12. The van der Waals surface area contributed by atoms with Gasteiger partial charge in [0.2, 0.25) is 5.91 Å². The maximum absolute atomic E-state index is 11.9. The molecule has 0 saturated heterocycles. The molecule has 1 aliphatic rings. The predicted molar refractivity (Wildman–Crippen MR) is 97.8 cm³/mol. The number of nitrogens with zero attached hydrogens (tertiary/aromatic N) is 1. The summed E-state index contributed by atoms with van der Waals surface area (Å²) in [5.41, 5.74) is 1.78. The Balaban J connectivity index is 1.64. The molecule has 24 heavy (non-hydrogen) atoms. The molecule has 0 radical (unpaired) electrons. The summed E-state index contributed by atoms with van der Waals surface area (Å²) >= 11 is 6.72. The van der Waals surface area contributed by atoms with Crippen LogP contribution in [0.4, 0.5) is 5.00 Å². The molecule has 122 valence electrons. The molecule has 2 aromatic rings. The second-order valence-electron chi connectivity index (χ2n) is 5.32. The van der Waals surface area contributed by atoms with Crippen molar-refractivity contribution in [1.82, 2.24) is 5.32 Å². The van der Waals surface area contributed by atoms with Crippen LogP contribution in [0, 0.1) is 11.3 Å². The van der Waals surface area contributed by atoms with Gasteiger partial charge < -0.3 is 9.73 Å². The number of carbonyl (C=O) groups excluding carboxylic acids is 1. The molecule has 7 heteroatoms. The Morgan fingerprint density at radius 3 is 3.00 bits per heavy atom. The van der Waals surface area contributed by atoms with E-state index in [1.165, 1.54) is 17.2 Å². The molecule has 0 aromatic carbocycles. The van der Waals surface area contributed by atoms with Crippen molar-refractivity contribution in [1.29, 1.82) is 5.26 Å². The number of nitrogens with one attached hydrogen (secondary N) is 2. The number of thiocarbonyl (C=S) groups is 1. The van der Waals surface area contributed by atoms with E-state index < -0.39 is 0 Å². The quantitative estimate of drug-likeness (QED) is 0.648. The van der Waals surface area contributed by atoms with E-state index in [1.54, 1.807) is 29.5 Å². The summed E-state index contributed by atoms with van der Waals surface area (Å²) < 4.78 is 5.11. The SMILES string of the molecule is N#Cc1c(NC(=S)NC(=O)/C=C\c2ccco2)sc2c1CCCC2. The van der Waals surface area contributed by atoms with Gasteiger partial charge in [0.1, 0.15) is 16.8 Å². The monoisotopic (exact) mass is 357 g/mol. The molecule has 2 aromatic heterocycles. The van der Waals surface area contributed by atoms with Gasteiger partial charge in [0.25, 0.3) is 0 Å². The molecule has 0 unspecified atom stereocenters. The molecule has 2 heterocycles.